The molecule has 2 aliphatic rings. The number of rotatable bonds is 2. The average molecular weight is 275 g/mol. The highest BCUT2D eigenvalue weighted by Crippen LogP contribution is 2.49. The molecule has 2 heterocycles. The van der Waals surface area contributed by atoms with Crippen LogP contribution in [0, 0.1) is 18.8 Å². The molecule has 1 N–H and O–H groups in total. The molecule has 1 fully saturated rings. The van der Waals surface area contributed by atoms with Gasteiger partial charge in [0, 0.05) is 17.2 Å². The Bertz CT molecular complexity index is 533. The van der Waals surface area contributed by atoms with E-state index in [1.54, 1.807) is 0 Å². The van der Waals surface area contributed by atoms with E-state index in [1.165, 1.54) is 5.56 Å². The topological polar surface area (TPSA) is 59.4 Å². The molecule has 0 amide bonds. The minimum absolute atomic E-state index is 0.0725. The van der Waals surface area contributed by atoms with E-state index in [-0.39, 0.29) is 11.3 Å². The van der Waals surface area contributed by atoms with E-state index in [0.717, 1.165) is 37.1 Å². The Morgan fingerprint density at radius 1 is 1.50 bits per heavy atom. The van der Waals surface area contributed by atoms with Gasteiger partial charge in [-0.15, -0.1) is 0 Å². The number of carboxylic acids is 1. The summed E-state index contributed by atoms with van der Waals surface area (Å²) < 4.78 is 5.76. The fraction of sp³-hybridized carbons (Fsp3) is 0.625. The number of aliphatic carboxylic acids is 1. The highest BCUT2D eigenvalue weighted by Gasteiger charge is 2.45. The van der Waals surface area contributed by atoms with Gasteiger partial charge in [0.2, 0.25) is 5.88 Å². The molecule has 1 aromatic rings. The predicted octanol–water partition coefficient (Wildman–Crippen LogP) is 2.93. The van der Waals surface area contributed by atoms with E-state index in [1.807, 2.05) is 13.1 Å². The smallest absolute Gasteiger partial charge is 0.306 e. The molecule has 0 bridgehead atoms. The van der Waals surface area contributed by atoms with Gasteiger partial charge in [0.05, 0.1) is 12.5 Å². The Kier molecular flexibility index (Phi) is 3.19. The van der Waals surface area contributed by atoms with Crippen molar-refractivity contribution >= 4 is 5.97 Å². The number of carboxylic acid groups (broad SMARTS) is 1. The fourth-order valence-electron chi connectivity index (χ4n) is 3.64. The van der Waals surface area contributed by atoms with Crippen LogP contribution in [0.1, 0.15) is 43.7 Å². The summed E-state index contributed by atoms with van der Waals surface area (Å²) in [5, 5.41) is 9.15. The summed E-state index contributed by atoms with van der Waals surface area (Å²) in [6.45, 7) is 4.58. The molecule has 4 nitrogen and oxygen atoms in total. The maximum atomic E-state index is 11.1. The zero-order valence-electron chi connectivity index (χ0n) is 12.1. The summed E-state index contributed by atoms with van der Waals surface area (Å²) in [5.74, 6) is 0.150. The van der Waals surface area contributed by atoms with Crippen molar-refractivity contribution in [3.8, 4) is 5.88 Å². The Balaban J connectivity index is 1.79. The van der Waals surface area contributed by atoms with Gasteiger partial charge in [0.1, 0.15) is 0 Å². The number of ether oxygens (including phenoxy) is 1. The van der Waals surface area contributed by atoms with Gasteiger partial charge in [-0.1, -0.05) is 6.92 Å². The monoisotopic (exact) mass is 275 g/mol. The van der Waals surface area contributed by atoms with Crippen LogP contribution in [0.3, 0.4) is 0 Å². The van der Waals surface area contributed by atoms with Crippen molar-refractivity contribution in [3.63, 3.8) is 0 Å². The summed E-state index contributed by atoms with van der Waals surface area (Å²) in [5.41, 5.74) is 2.47. The summed E-state index contributed by atoms with van der Waals surface area (Å²) >= 11 is 0. The highest BCUT2D eigenvalue weighted by atomic mass is 16.5. The van der Waals surface area contributed by atoms with Gasteiger partial charge in [0.15, 0.2) is 0 Å². The van der Waals surface area contributed by atoms with Gasteiger partial charge in [-0.2, -0.15) is 0 Å². The molecular weight excluding hydrogens is 254 g/mol. The number of pyridine rings is 1. The van der Waals surface area contributed by atoms with E-state index < -0.39 is 5.97 Å². The molecule has 0 radical (unpaired) electrons. The lowest BCUT2D eigenvalue weighted by Gasteiger charge is -2.37. The Hall–Kier alpha value is -1.58. The van der Waals surface area contributed by atoms with Crippen molar-refractivity contribution in [2.24, 2.45) is 11.8 Å². The third-order valence-electron chi connectivity index (χ3n) is 5.13. The second-order valence-corrected chi connectivity index (χ2v) is 6.40. The Labute approximate surface area is 119 Å². The Morgan fingerprint density at radius 3 is 2.85 bits per heavy atom. The summed E-state index contributed by atoms with van der Waals surface area (Å²) in [6.07, 6.45) is 5.78. The SMILES string of the molecule is Cc1cnc2c(c1)C1(CCC(C(C)C(=O)O)CC1)CO2. The van der Waals surface area contributed by atoms with Crippen LogP contribution in [0.2, 0.25) is 0 Å². The Morgan fingerprint density at radius 2 is 2.20 bits per heavy atom. The zero-order chi connectivity index (χ0) is 14.3. The largest absolute Gasteiger partial charge is 0.481 e. The quantitative estimate of drug-likeness (QED) is 0.901. The van der Waals surface area contributed by atoms with Crippen LogP contribution in [-0.4, -0.2) is 22.7 Å². The minimum Gasteiger partial charge on any atom is -0.481 e. The lowest BCUT2D eigenvalue weighted by atomic mass is 9.66. The number of nitrogens with zero attached hydrogens (tertiary/aromatic N) is 1. The molecular formula is C16H21NO3. The molecule has 1 unspecified atom stereocenters. The van der Waals surface area contributed by atoms with Crippen molar-refractivity contribution in [2.45, 2.75) is 44.9 Å². The van der Waals surface area contributed by atoms with Crippen LogP contribution >= 0.6 is 0 Å². The lowest BCUT2D eigenvalue weighted by Crippen LogP contribution is -2.36. The fourth-order valence-corrected chi connectivity index (χ4v) is 3.64. The first-order chi connectivity index (χ1) is 9.52. The van der Waals surface area contributed by atoms with Crippen molar-refractivity contribution in [1.29, 1.82) is 0 Å². The van der Waals surface area contributed by atoms with Crippen molar-refractivity contribution in [2.75, 3.05) is 6.61 Å². The van der Waals surface area contributed by atoms with Gasteiger partial charge >= 0.3 is 5.97 Å². The molecule has 1 saturated carbocycles. The molecule has 1 aromatic heterocycles. The van der Waals surface area contributed by atoms with Crippen LogP contribution in [0.15, 0.2) is 12.3 Å². The molecule has 0 aromatic carbocycles. The number of aryl methyl sites for hydroxylation is 1. The minimum atomic E-state index is -0.675. The molecule has 4 heteroatoms. The van der Waals surface area contributed by atoms with Crippen molar-refractivity contribution in [3.05, 3.63) is 23.4 Å². The number of aromatic nitrogens is 1. The third-order valence-corrected chi connectivity index (χ3v) is 5.13. The maximum Gasteiger partial charge on any atom is 0.306 e. The number of fused-ring (bicyclic) bond motifs is 2. The van der Waals surface area contributed by atoms with Crippen LogP contribution in [0.5, 0.6) is 5.88 Å². The molecule has 1 aliphatic carbocycles. The standard InChI is InChI=1S/C16H21NO3/c1-10-7-13-14(17-8-10)20-9-16(13)5-3-12(4-6-16)11(2)15(18)19/h7-8,11-12H,3-6,9H2,1-2H3,(H,18,19). The summed E-state index contributed by atoms with van der Waals surface area (Å²) in [6, 6.07) is 2.19. The first kappa shape index (κ1) is 13.4. The molecule has 3 rings (SSSR count). The molecule has 108 valence electrons. The van der Waals surface area contributed by atoms with Gasteiger partial charge < -0.3 is 9.84 Å². The predicted molar refractivity (Wildman–Crippen MR) is 74.9 cm³/mol. The second-order valence-electron chi connectivity index (χ2n) is 6.40. The third kappa shape index (κ3) is 2.07. The second kappa shape index (κ2) is 4.76. The normalized spacial score (nSPS) is 29.8. The van der Waals surface area contributed by atoms with Crippen LogP contribution in [0.4, 0.5) is 0 Å². The molecule has 20 heavy (non-hydrogen) atoms. The molecule has 0 saturated heterocycles. The summed E-state index contributed by atoms with van der Waals surface area (Å²) in [4.78, 5) is 15.5. The van der Waals surface area contributed by atoms with E-state index >= 15 is 0 Å². The van der Waals surface area contributed by atoms with Gasteiger partial charge in [0.25, 0.3) is 0 Å². The van der Waals surface area contributed by atoms with E-state index in [4.69, 9.17) is 9.84 Å². The molecule has 1 atom stereocenters. The van der Waals surface area contributed by atoms with Gasteiger partial charge in [-0.25, -0.2) is 4.98 Å². The van der Waals surface area contributed by atoms with E-state index in [0.29, 0.717) is 12.5 Å². The van der Waals surface area contributed by atoms with E-state index in [2.05, 4.69) is 18.0 Å². The first-order valence-electron chi connectivity index (χ1n) is 7.34. The van der Waals surface area contributed by atoms with Gasteiger partial charge in [-0.05, 0) is 50.2 Å². The number of hydrogen-bond acceptors (Lipinski definition) is 3. The van der Waals surface area contributed by atoms with E-state index in [9.17, 15) is 4.79 Å². The van der Waals surface area contributed by atoms with Crippen LogP contribution in [0.25, 0.3) is 0 Å². The zero-order valence-corrected chi connectivity index (χ0v) is 12.1. The van der Waals surface area contributed by atoms with Crippen LogP contribution in [-0.2, 0) is 10.2 Å². The highest BCUT2D eigenvalue weighted by molar-refractivity contribution is 5.69. The van der Waals surface area contributed by atoms with Crippen molar-refractivity contribution < 1.29 is 14.6 Å². The van der Waals surface area contributed by atoms with Crippen molar-refractivity contribution in [1.82, 2.24) is 4.98 Å². The van der Waals surface area contributed by atoms with Crippen LogP contribution < -0.4 is 4.74 Å². The van der Waals surface area contributed by atoms with Gasteiger partial charge in [-0.3, -0.25) is 4.79 Å². The molecule has 1 spiro atoms. The number of hydrogen-bond donors (Lipinski definition) is 1. The first-order valence-corrected chi connectivity index (χ1v) is 7.34. The summed E-state index contributed by atoms with van der Waals surface area (Å²) in [7, 11) is 0. The maximum absolute atomic E-state index is 11.1. The number of carbonyl (C=O) groups is 1. The lowest BCUT2D eigenvalue weighted by molar-refractivity contribution is -0.143. The average Bonchev–Trinajstić information content (AvgIpc) is 2.77. The molecule has 1 aliphatic heterocycles.